The van der Waals surface area contributed by atoms with Gasteiger partial charge in [0.25, 0.3) is 0 Å². The maximum absolute atomic E-state index is 6.56. The van der Waals surface area contributed by atoms with E-state index in [1.165, 1.54) is 0 Å². The van der Waals surface area contributed by atoms with Crippen LogP contribution in [0.15, 0.2) is 60.1 Å². The van der Waals surface area contributed by atoms with Gasteiger partial charge in [0.1, 0.15) is 10.7 Å². The molecule has 0 aliphatic rings. The van der Waals surface area contributed by atoms with Crippen LogP contribution in [0.3, 0.4) is 0 Å². The lowest BCUT2D eigenvalue weighted by atomic mass is 10.0. The van der Waals surface area contributed by atoms with Crippen LogP contribution < -0.4 is 5.73 Å². The van der Waals surface area contributed by atoms with E-state index in [1.807, 2.05) is 36.4 Å². The van der Waals surface area contributed by atoms with Gasteiger partial charge in [-0.1, -0.05) is 43.3 Å². The molecule has 2 N–H and O–H groups in total. The van der Waals surface area contributed by atoms with Gasteiger partial charge in [-0.05, 0) is 17.7 Å². The van der Waals surface area contributed by atoms with Gasteiger partial charge in [0.15, 0.2) is 0 Å². The van der Waals surface area contributed by atoms with Crippen molar-refractivity contribution in [3.8, 4) is 11.1 Å². The first-order valence-corrected chi connectivity index (χ1v) is 9.16. The summed E-state index contributed by atoms with van der Waals surface area (Å²) in [6.07, 6.45) is 2.54. The zero-order chi connectivity index (χ0) is 17.2. The van der Waals surface area contributed by atoms with Crippen LogP contribution in [0.1, 0.15) is 30.2 Å². The van der Waals surface area contributed by atoms with E-state index in [1.54, 1.807) is 17.5 Å². The number of benzene rings is 1. The van der Waals surface area contributed by atoms with Crippen LogP contribution in [0.5, 0.6) is 0 Å². The lowest BCUT2D eigenvalue weighted by Crippen LogP contribution is -2.16. The summed E-state index contributed by atoms with van der Waals surface area (Å²) in [4.78, 5) is 14.9. The second kappa shape index (κ2) is 6.70. The summed E-state index contributed by atoms with van der Waals surface area (Å²) < 4.78 is 0. The van der Waals surface area contributed by atoms with Gasteiger partial charge in [0.05, 0.1) is 17.4 Å². The minimum Gasteiger partial charge on any atom is -0.318 e. The standard InChI is InChI=1S/C20H18N4S/c1-2-16-23-19(18(21)15-10-6-7-11-22-15)17-14(12-25-20(17)24-16)13-8-4-3-5-9-13/h3-12,18H,2,21H2,1H3. The highest BCUT2D eigenvalue weighted by molar-refractivity contribution is 7.17. The highest BCUT2D eigenvalue weighted by Crippen LogP contribution is 2.37. The van der Waals surface area contributed by atoms with Gasteiger partial charge in [0, 0.05) is 28.9 Å². The molecule has 4 nitrogen and oxygen atoms in total. The van der Waals surface area contributed by atoms with E-state index in [9.17, 15) is 0 Å². The summed E-state index contributed by atoms with van der Waals surface area (Å²) in [6.45, 7) is 2.06. The minimum absolute atomic E-state index is 0.380. The summed E-state index contributed by atoms with van der Waals surface area (Å²) in [6, 6.07) is 15.7. The molecule has 4 aromatic rings. The maximum Gasteiger partial charge on any atom is 0.130 e. The molecule has 1 atom stereocenters. The third-order valence-corrected chi connectivity index (χ3v) is 5.08. The second-order valence-corrected chi connectivity index (χ2v) is 6.66. The van der Waals surface area contributed by atoms with Gasteiger partial charge in [-0.2, -0.15) is 0 Å². The van der Waals surface area contributed by atoms with Crippen LogP contribution in [0, 0.1) is 0 Å². The Kier molecular flexibility index (Phi) is 4.26. The normalized spacial score (nSPS) is 12.4. The molecule has 4 rings (SSSR count). The van der Waals surface area contributed by atoms with E-state index in [0.29, 0.717) is 0 Å². The van der Waals surface area contributed by atoms with Crippen molar-refractivity contribution in [2.75, 3.05) is 0 Å². The third kappa shape index (κ3) is 2.92. The lowest BCUT2D eigenvalue weighted by Gasteiger charge is -2.14. The Hall–Kier alpha value is -2.63. The molecule has 1 unspecified atom stereocenters. The van der Waals surface area contributed by atoms with Gasteiger partial charge in [-0.25, -0.2) is 9.97 Å². The molecule has 3 aromatic heterocycles. The van der Waals surface area contributed by atoms with Gasteiger partial charge in [0.2, 0.25) is 0 Å². The van der Waals surface area contributed by atoms with Crippen molar-refractivity contribution in [1.82, 2.24) is 15.0 Å². The first-order chi connectivity index (χ1) is 12.3. The zero-order valence-corrected chi connectivity index (χ0v) is 14.7. The van der Waals surface area contributed by atoms with E-state index >= 15 is 0 Å². The van der Waals surface area contributed by atoms with Crippen LogP contribution in [0.2, 0.25) is 0 Å². The Balaban J connectivity index is 1.96. The first-order valence-electron chi connectivity index (χ1n) is 8.28. The van der Waals surface area contributed by atoms with Crippen molar-refractivity contribution in [1.29, 1.82) is 0 Å². The predicted molar refractivity (Wildman–Crippen MR) is 102 cm³/mol. The van der Waals surface area contributed by atoms with Crippen LogP contribution in [0.25, 0.3) is 21.3 Å². The Labute approximate surface area is 150 Å². The molecule has 25 heavy (non-hydrogen) atoms. The Bertz CT molecular complexity index is 996. The molecule has 5 heteroatoms. The molecule has 0 saturated carbocycles. The van der Waals surface area contributed by atoms with Crippen LogP contribution in [-0.2, 0) is 6.42 Å². The largest absolute Gasteiger partial charge is 0.318 e. The summed E-state index contributed by atoms with van der Waals surface area (Å²) >= 11 is 1.64. The number of hydrogen-bond donors (Lipinski definition) is 1. The van der Waals surface area contributed by atoms with Crippen molar-refractivity contribution in [3.05, 3.63) is 77.3 Å². The van der Waals surface area contributed by atoms with Crippen molar-refractivity contribution in [2.45, 2.75) is 19.4 Å². The van der Waals surface area contributed by atoms with Crippen LogP contribution in [0.4, 0.5) is 0 Å². The number of hydrogen-bond acceptors (Lipinski definition) is 5. The van der Waals surface area contributed by atoms with Gasteiger partial charge >= 0.3 is 0 Å². The molecule has 1 aromatic carbocycles. The number of pyridine rings is 1. The predicted octanol–water partition coefficient (Wildman–Crippen LogP) is 4.36. The molecule has 0 saturated heterocycles. The van der Waals surface area contributed by atoms with Crippen LogP contribution >= 0.6 is 11.3 Å². The van der Waals surface area contributed by atoms with E-state index in [-0.39, 0.29) is 6.04 Å². The molecule has 124 valence electrons. The molecule has 0 aliphatic carbocycles. The average molecular weight is 346 g/mol. The fourth-order valence-electron chi connectivity index (χ4n) is 2.93. The Morgan fingerprint density at radius 2 is 1.84 bits per heavy atom. The number of fused-ring (bicyclic) bond motifs is 1. The third-order valence-electron chi connectivity index (χ3n) is 4.21. The molecule has 0 bridgehead atoms. The number of nitrogens with zero attached hydrogens (tertiary/aromatic N) is 3. The molecule has 0 fully saturated rings. The molecular weight excluding hydrogens is 328 g/mol. The fourth-order valence-corrected chi connectivity index (χ4v) is 3.90. The van der Waals surface area contributed by atoms with E-state index < -0.39 is 0 Å². The van der Waals surface area contributed by atoms with E-state index in [4.69, 9.17) is 15.7 Å². The van der Waals surface area contributed by atoms with Crippen molar-refractivity contribution < 1.29 is 0 Å². The summed E-state index contributed by atoms with van der Waals surface area (Å²) in [5.41, 5.74) is 10.5. The van der Waals surface area contributed by atoms with Gasteiger partial charge in [-0.15, -0.1) is 11.3 Å². The molecular formula is C20H18N4S. The van der Waals surface area contributed by atoms with E-state index in [0.717, 1.165) is 45.0 Å². The highest BCUT2D eigenvalue weighted by atomic mass is 32.1. The highest BCUT2D eigenvalue weighted by Gasteiger charge is 2.21. The smallest absolute Gasteiger partial charge is 0.130 e. The monoisotopic (exact) mass is 346 g/mol. The Morgan fingerprint density at radius 3 is 2.56 bits per heavy atom. The molecule has 0 amide bonds. The summed E-state index contributed by atoms with van der Waals surface area (Å²) in [5.74, 6) is 0.815. The number of aryl methyl sites for hydroxylation is 1. The number of aromatic nitrogens is 3. The summed E-state index contributed by atoms with van der Waals surface area (Å²) in [7, 11) is 0. The average Bonchev–Trinajstić information content (AvgIpc) is 3.12. The van der Waals surface area contributed by atoms with Crippen molar-refractivity contribution in [2.24, 2.45) is 5.73 Å². The molecule has 0 aliphatic heterocycles. The number of rotatable bonds is 4. The number of thiophene rings is 1. The summed E-state index contributed by atoms with van der Waals surface area (Å²) in [5, 5.41) is 3.18. The van der Waals surface area contributed by atoms with Gasteiger partial charge < -0.3 is 5.73 Å². The SMILES string of the molecule is CCc1nc(C(N)c2ccccn2)c2c(-c3ccccc3)csc2n1. The van der Waals surface area contributed by atoms with E-state index in [2.05, 4.69) is 29.4 Å². The second-order valence-electron chi connectivity index (χ2n) is 5.81. The fraction of sp³-hybridized carbons (Fsp3) is 0.150. The maximum atomic E-state index is 6.56. The van der Waals surface area contributed by atoms with Crippen molar-refractivity contribution in [3.63, 3.8) is 0 Å². The minimum atomic E-state index is -0.380. The quantitative estimate of drug-likeness (QED) is 0.596. The molecule has 3 heterocycles. The Morgan fingerprint density at radius 1 is 1.04 bits per heavy atom. The lowest BCUT2D eigenvalue weighted by molar-refractivity contribution is 0.783. The first kappa shape index (κ1) is 15.9. The molecule has 0 spiro atoms. The number of nitrogens with two attached hydrogens (primary N) is 1. The van der Waals surface area contributed by atoms with Crippen LogP contribution in [-0.4, -0.2) is 15.0 Å². The van der Waals surface area contributed by atoms with Gasteiger partial charge in [-0.3, -0.25) is 4.98 Å². The van der Waals surface area contributed by atoms with Crippen molar-refractivity contribution >= 4 is 21.6 Å². The topological polar surface area (TPSA) is 64.7 Å². The molecule has 0 radical (unpaired) electrons. The zero-order valence-electron chi connectivity index (χ0n) is 13.9.